The van der Waals surface area contributed by atoms with Gasteiger partial charge in [0.1, 0.15) is 0 Å². The molecule has 0 spiro atoms. The molecule has 0 atom stereocenters. The number of hydrogen-bond acceptors (Lipinski definition) is 4. The highest BCUT2D eigenvalue weighted by atomic mass is 79.9. The SMILES string of the molecule is Cc1c(N)cc(Br)cc1S(=O)(=O)NCc1cccnc1. The first kappa shape index (κ1) is 15.0. The Kier molecular flexibility index (Phi) is 4.42. The molecule has 0 radical (unpaired) electrons. The maximum atomic E-state index is 12.3. The van der Waals surface area contributed by atoms with Gasteiger partial charge in [-0.05, 0) is 36.2 Å². The van der Waals surface area contributed by atoms with Gasteiger partial charge in [0.25, 0.3) is 0 Å². The molecule has 20 heavy (non-hydrogen) atoms. The summed E-state index contributed by atoms with van der Waals surface area (Å²) in [5, 5.41) is 0. The molecule has 0 aliphatic heterocycles. The molecule has 1 aromatic carbocycles. The summed E-state index contributed by atoms with van der Waals surface area (Å²) >= 11 is 3.25. The molecule has 7 heteroatoms. The summed E-state index contributed by atoms with van der Waals surface area (Å²) in [7, 11) is -3.62. The summed E-state index contributed by atoms with van der Waals surface area (Å²) in [5.74, 6) is 0. The van der Waals surface area contributed by atoms with Gasteiger partial charge in [0.05, 0.1) is 4.90 Å². The number of aromatic nitrogens is 1. The lowest BCUT2D eigenvalue weighted by Crippen LogP contribution is -2.24. The number of nitrogens with one attached hydrogen (secondary N) is 1. The normalized spacial score (nSPS) is 11.5. The lowest BCUT2D eigenvalue weighted by atomic mass is 10.2. The van der Waals surface area contributed by atoms with E-state index in [1.807, 2.05) is 0 Å². The molecule has 2 aromatic rings. The van der Waals surface area contributed by atoms with Gasteiger partial charge in [-0.3, -0.25) is 4.98 Å². The summed E-state index contributed by atoms with van der Waals surface area (Å²) in [6.45, 7) is 1.86. The van der Waals surface area contributed by atoms with E-state index in [2.05, 4.69) is 25.6 Å². The van der Waals surface area contributed by atoms with Crippen LogP contribution in [-0.2, 0) is 16.6 Å². The van der Waals surface area contributed by atoms with E-state index in [9.17, 15) is 8.42 Å². The third-order valence-electron chi connectivity index (χ3n) is 2.84. The summed E-state index contributed by atoms with van der Waals surface area (Å²) in [4.78, 5) is 4.12. The quantitative estimate of drug-likeness (QED) is 0.823. The number of pyridine rings is 1. The number of rotatable bonds is 4. The van der Waals surface area contributed by atoms with E-state index in [0.717, 1.165) is 5.56 Å². The number of nitrogen functional groups attached to an aromatic ring is 1. The standard InChI is InChI=1S/C13H14BrN3O2S/c1-9-12(15)5-11(14)6-13(9)20(18,19)17-8-10-3-2-4-16-7-10/h2-7,17H,8,15H2,1H3. The molecule has 0 bridgehead atoms. The molecule has 0 saturated heterocycles. The van der Waals surface area contributed by atoms with Crippen LogP contribution in [0.1, 0.15) is 11.1 Å². The fourth-order valence-corrected chi connectivity index (χ4v) is 3.65. The lowest BCUT2D eigenvalue weighted by molar-refractivity contribution is 0.580. The minimum absolute atomic E-state index is 0.174. The fraction of sp³-hybridized carbons (Fsp3) is 0.154. The smallest absolute Gasteiger partial charge is 0.241 e. The Bertz CT molecular complexity index is 718. The van der Waals surface area contributed by atoms with Crippen molar-refractivity contribution in [3.05, 3.63) is 52.3 Å². The number of halogens is 1. The summed E-state index contributed by atoms with van der Waals surface area (Å²) in [5.41, 5.74) is 7.55. The van der Waals surface area contributed by atoms with Crippen LogP contribution in [0.3, 0.4) is 0 Å². The molecular weight excluding hydrogens is 342 g/mol. The van der Waals surface area contributed by atoms with Crippen LogP contribution in [0.5, 0.6) is 0 Å². The van der Waals surface area contributed by atoms with E-state index >= 15 is 0 Å². The zero-order valence-electron chi connectivity index (χ0n) is 10.8. The Morgan fingerprint density at radius 2 is 2.15 bits per heavy atom. The highest BCUT2D eigenvalue weighted by molar-refractivity contribution is 9.10. The highest BCUT2D eigenvalue weighted by Crippen LogP contribution is 2.26. The van der Waals surface area contributed by atoms with Crippen molar-refractivity contribution in [3.63, 3.8) is 0 Å². The average Bonchev–Trinajstić information content (AvgIpc) is 2.42. The van der Waals surface area contributed by atoms with E-state index in [-0.39, 0.29) is 11.4 Å². The van der Waals surface area contributed by atoms with Crippen molar-refractivity contribution in [3.8, 4) is 0 Å². The van der Waals surface area contributed by atoms with Crippen LogP contribution in [0.2, 0.25) is 0 Å². The van der Waals surface area contributed by atoms with E-state index in [1.54, 1.807) is 37.5 Å². The maximum Gasteiger partial charge on any atom is 0.241 e. The van der Waals surface area contributed by atoms with Crippen LogP contribution in [0.25, 0.3) is 0 Å². The minimum Gasteiger partial charge on any atom is -0.398 e. The first-order valence-electron chi connectivity index (χ1n) is 5.84. The Hall–Kier alpha value is -1.44. The molecule has 0 aliphatic rings. The Balaban J connectivity index is 2.27. The number of sulfonamides is 1. The zero-order valence-corrected chi connectivity index (χ0v) is 13.2. The molecule has 106 valence electrons. The van der Waals surface area contributed by atoms with E-state index in [1.165, 1.54) is 6.07 Å². The van der Waals surface area contributed by atoms with Gasteiger partial charge in [0.2, 0.25) is 10.0 Å². The predicted octanol–water partition coefficient (Wildman–Crippen LogP) is 2.21. The summed E-state index contributed by atoms with van der Waals surface area (Å²) in [6.07, 6.45) is 3.25. The van der Waals surface area contributed by atoms with Gasteiger partial charge in [-0.2, -0.15) is 0 Å². The zero-order chi connectivity index (χ0) is 14.8. The van der Waals surface area contributed by atoms with Gasteiger partial charge in [-0.25, -0.2) is 13.1 Å². The van der Waals surface area contributed by atoms with Crippen molar-refractivity contribution in [2.75, 3.05) is 5.73 Å². The van der Waals surface area contributed by atoms with Crippen molar-refractivity contribution in [2.45, 2.75) is 18.4 Å². The number of anilines is 1. The molecule has 0 amide bonds. The minimum atomic E-state index is -3.62. The molecule has 1 heterocycles. The Labute approximate surface area is 126 Å². The third kappa shape index (κ3) is 3.36. The van der Waals surface area contributed by atoms with Crippen LogP contribution in [0, 0.1) is 6.92 Å². The second-order valence-corrected chi connectivity index (χ2v) is 6.96. The number of nitrogens with two attached hydrogens (primary N) is 1. The van der Waals surface area contributed by atoms with E-state index in [4.69, 9.17) is 5.73 Å². The van der Waals surface area contributed by atoms with Gasteiger partial charge in [-0.1, -0.05) is 22.0 Å². The topological polar surface area (TPSA) is 85.1 Å². The molecule has 2 rings (SSSR count). The van der Waals surface area contributed by atoms with Crippen molar-refractivity contribution in [1.82, 2.24) is 9.71 Å². The Morgan fingerprint density at radius 1 is 1.40 bits per heavy atom. The van der Waals surface area contributed by atoms with Crippen LogP contribution < -0.4 is 10.5 Å². The van der Waals surface area contributed by atoms with Crippen LogP contribution in [0.4, 0.5) is 5.69 Å². The lowest BCUT2D eigenvalue weighted by Gasteiger charge is -2.11. The first-order valence-corrected chi connectivity index (χ1v) is 8.12. The van der Waals surface area contributed by atoms with Crippen molar-refractivity contribution in [1.29, 1.82) is 0 Å². The molecular formula is C13H14BrN3O2S. The Morgan fingerprint density at radius 3 is 2.80 bits per heavy atom. The second-order valence-electron chi connectivity index (χ2n) is 4.30. The summed E-state index contributed by atoms with van der Waals surface area (Å²) < 4.78 is 27.8. The molecule has 0 unspecified atom stereocenters. The average molecular weight is 356 g/mol. The highest BCUT2D eigenvalue weighted by Gasteiger charge is 2.18. The fourth-order valence-electron chi connectivity index (χ4n) is 1.71. The summed E-state index contributed by atoms with van der Waals surface area (Å²) in [6, 6.07) is 6.77. The maximum absolute atomic E-state index is 12.3. The monoisotopic (exact) mass is 355 g/mol. The van der Waals surface area contributed by atoms with Gasteiger partial charge in [0, 0.05) is 29.1 Å². The molecule has 0 aliphatic carbocycles. The van der Waals surface area contributed by atoms with E-state index < -0.39 is 10.0 Å². The molecule has 5 nitrogen and oxygen atoms in total. The van der Waals surface area contributed by atoms with Crippen LogP contribution in [0.15, 0.2) is 46.0 Å². The molecule has 0 saturated carbocycles. The van der Waals surface area contributed by atoms with Crippen molar-refractivity contribution < 1.29 is 8.42 Å². The largest absolute Gasteiger partial charge is 0.398 e. The van der Waals surface area contributed by atoms with Crippen molar-refractivity contribution >= 4 is 31.6 Å². The predicted molar refractivity (Wildman–Crippen MR) is 81.6 cm³/mol. The number of nitrogens with zero attached hydrogens (tertiary/aromatic N) is 1. The molecule has 3 N–H and O–H groups in total. The van der Waals surface area contributed by atoms with Gasteiger partial charge < -0.3 is 5.73 Å². The van der Waals surface area contributed by atoms with Crippen LogP contribution in [-0.4, -0.2) is 13.4 Å². The second kappa shape index (κ2) is 5.90. The molecule has 0 fully saturated rings. The number of hydrogen-bond donors (Lipinski definition) is 2. The van der Waals surface area contributed by atoms with Gasteiger partial charge in [-0.15, -0.1) is 0 Å². The number of benzene rings is 1. The van der Waals surface area contributed by atoms with Crippen molar-refractivity contribution in [2.24, 2.45) is 0 Å². The van der Waals surface area contributed by atoms with Gasteiger partial charge >= 0.3 is 0 Å². The first-order chi connectivity index (χ1) is 9.40. The molecule has 1 aromatic heterocycles. The van der Waals surface area contributed by atoms with Crippen LogP contribution >= 0.6 is 15.9 Å². The van der Waals surface area contributed by atoms with E-state index in [0.29, 0.717) is 15.7 Å². The third-order valence-corrected chi connectivity index (χ3v) is 4.83. The van der Waals surface area contributed by atoms with Gasteiger partial charge in [0.15, 0.2) is 0 Å².